The van der Waals surface area contributed by atoms with Crippen LogP contribution in [0.15, 0.2) is 15.9 Å². The molecule has 17 heavy (non-hydrogen) atoms. The third-order valence-corrected chi connectivity index (χ3v) is 4.88. The molecule has 1 amide bonds. The Balaban J connectivity index is 0.00000144. The Labute approximate surface area is 120 Å². The minimum absolute atomic E-state index is 0. The highest BCUT2D eigenvalue weighted by Gasteiger charge is 2.27. The summed E-state index contributed by atoms with van der Waals surface area (Å²) in [4.78, 5) is 13.0. The van der Waals surface area contributed by atoms with Gasteiger partial charge in [0.1, 0.15) is 0 Å². The molecule has 1 fully saturated rings. The quantitative estimate of drug-likeness (QED) is 0.889. The monoisotopic (exact) mass is 338 g/mol. The van der Waals surface area contributed by atoms with E-state index in [1.807, 2.05) is 11.4 Å². The average molecular weight is 340 g/mol. The van der Waals surface area contributed by atoms with Gasteiger partial charge in [0.2, 0.25) is 5.91 Å². The van der Waals surface area contributed by atoms with Gasteiger partial charge in [0.25, 0.3) is 0 Å². The van der Waals surface area contributed by atoms with Crippen molar-refractivity contribution >= 4 is 45.6 Å². The predicted octanol–water partition coefficient (Wildman–Crippen LogP) is 2.68. The largest absolute Gasteiger partial charge is 0.351 e. The minimum atomic E-state index is 0. The van der Waals surface area contributed by atoms with Crippen LogP contribution in [0.1, 0.15) is 24.1 Å². The van der Waals surface area contributed by atoms with E-state index in [9.17, 15) is 4.79 Å². The molecule has 96 valence electrons. The Morgan fingerprint density at radius 2 is 2.35 bits per heavy atom. The topological polar surface area (TPSA) is 55.1 Å². The molecule has 0 spiro atoms. The molecule has 3 N–H and O–H groups in total. The van der Waals surface area contributed by atoms with Gasteiger partial charge in [-0.2, -0.15) is 0 Å². The van der Waals surface area contributed by atoms with E-state index in [4.69, 9.17) is 5.73 Å². The fourth-order valence-electron chi connectivity index (χ4n) is 2.02. The van der Waals surface area contributed by atoms with E-state index in [1.165, 1.54) is 0 Å². The number of rotatable bonds is 3. The van der Waals surface area contributed by atoms with Gasteiger partial charge in [0, 0.05) is 21.3 Å². The molecule has 0 bridgehead atoms. The van der Waals surface area contributed by atoms with E-state index in [2.05, 4.69) is 21.2 Å². The van der Waals surface area contributed by atoms with Crippen LogP contribution in [0, 0.1) is 5.92 Å². The molecule has 2 atom stereocenters. The fourth-order valence-corrected chi connectivity index (χ4v) is 3.45. The van der Waals surface area contributed by atoms with Crippen LogP contribution in [0.2, 0.25) is 0 Å². The number of carbonyl (C=O) groups is 1. The molecule has 6 heteroatoms. The Morgan fingerprint density at radius 1 is 1.59 bits per heavy atom. The summed E-state index contributed by atoms with van der Waals surface area (Å²) in [6.07, 6.45) is 2.73. The van der Waals surface area contributed by atoms with Crippen molar-refractivity contribution in [2.45, 2.75) is 31.8 Å². The van der Waals surface area contributed by atoms with Crippen molar-refractivity contribution in [1.82, 2.24) is 5.32 Å². The van der Waals surface area contributed by atoms with Gasteiger partial charge in [-0.25, -0.2) is 0 Å². The molecule has 2 rings (SSSR count). The zero-order chi connectivity index (χ0) is 11.5. The smallest absolute Gasteiger partial charge is 0.223 e. The van der Waals surface area contributed by atoms with Crippen LogP contribution in [0.3, 0.4) is 0 Å². The van der Waals surface area contributed by atoms with E-state index in [0.717, 1.165) is 28.6 Å². The molecule has 1 aromatic rings. The maximum absolute atomic E-state index is 11.8. The number of halogens is 2. The fraction of sp³-hybridized carbons (Fsp3) is 0.545. The Bertz CT molecular complexity index is 385. The Morgan fingerprint density at radius 3 is 2.88 bits per heavy atom. The third kappa shape index (κ3) is 3.95. The highest BCUT2D eigenvalue weighted by Crippen LogP contribution is 2.25. The first kappa shape index (κ1) is 15.0. The lowest BCUT2D eigenvalue weighted by Gasteiger charge is -2.10. The summed E-state index contributed by atoms with van der Waals surface area (Å²) in [6, 6.07) is 2.21. The van der Waals surface area contributed by atoms with Gasteiger partial charge >= 0.3 is 0 Å². The van der Waals surface area contributed by atoms with E-state index in [1.54, 1.807) is 11.3 Å². The number of amides is 1. The lowest BCUT2D eigenvalue weighted by molar-refractivity contribution is -0.124. The van der Waals surface area contributed by atoms with Crippen LogP contribution in [0.5, 0.6) is 0 Å². The van der Waals surface area contributed by atoms with Crippen molar-refractivity contribution in [3.63, 3.8) is 0 Å². The molecule has 1 aromatic heterocycles. The van der Waals surface area contributed by atoms with Gasteiger partial charge in [-0.3, -0.25) is 4.79 Å². The molecular weight excluding hydrogens is 324 g/mol. The second kappa shape index (κ2) is 6.73. The minimum Gasteiger partial charge on any atom is -0.351 e. The first-order valence-corrected chi connectivity index (χ1v) is 7.09. The molecule has 0 saturated heterocycles. The molecule has 2 unspecified atom stereocenters. The van der Waals surface area contributed by atoms with E-state index in [-0.39, 0.29) is 30.3 Å². The van der Waals surface area contributed by atoms with Crippen molar-refractivity contribution in [1.29, 1.82) is 0 Å². The summed E-state index contributed by atoms with van der Waals surface area (Å²) >= 11 is 5.10. The number of nitrogens with two attached hydrogens (primary N) is 1. The van der Waals surface area contributed by atoms with Crippen molar-refractivity contribution in [2.75, 3.05) is 0 Å². The van der Waals surface area contributed by atoms with Gasteiger partial charge < -0.3 is 11.1 Å². The summed E-state index contributed by atoms with van der Waals surface area (Å²) in [7, 11) is 0. The van der Waals surface area contributed by atoms with Gasteiger partial charge in [-0.15, -0.1) is 23.7 Å². The van der Waals surface area contributed by atoms with Crippen LogP contribution < -0.4 is 11.1 Å². The Kier molecular flexibility index (Phi) is 5.92. The van der Waals surface area contributed by atoms with Crippen LogP contribution in [-0.4, -0.2) is 11.9 Å². The molecule has 0 aromatic carbocycles. The van der Waals surface area contributed by atoms with Crippen LogP contribution in [0.25, 0.3) is 0 Å². The summed E-state index contributed by atoms with van der Waals surface area (Å²) < 4.78 is 1.07. The van der Waals surface area contributed by atoms with Crippen molar-refractivity contribution in [3.05, 3.63) is 20.8 Å². The van der Waals surface area contributed by atoms with Crippen molar-refractivity contribution in [3.8, 4) is 0 Å². The third-order valence-electron chi connectivity index (χ3n) is 2.96. The molecule has 1 saturated carbocycles. The predicted molar refractivity (Wildman–Crippen MR) is 76.4 cm³/mol. The van der Waals surface area contributed by atoms with Gasteiger partial charge in [0.05, 0.1) is 6.54 Å². The van der Waals surface area contributed by atoms with Crippen LogP contribution >= 0.6 is 39.7 Å². The number of hydrogen-bond donors (Lipinski definition) is 2. The molecule has 1 heterocycles. The van der Waals surface area contributed by atoms with E-state index in [0.29, 0.717) is 6.54 Å². The molecule has 1 aliphatic rings. The van der Waals surface area contributed by atoms with Gasteiger partial charge in [-0.1, -0.05) is 0 Å². The molecule has 3 nitrogen and oxygen atoms in total. The van der Waals surface area contributed by atoms with Crippen LogP contribution in [0.4, 0.5) is 0 Å². The molecule has 0 radical (unpaired) electrons. The SMILES string of the molecule is Cl.NC1CCC(C(=O)NCc2sccc2Br)C1. The molecule has 0 aliphatic heterocycles. The van der Waals surface area contributed by atoms with Crippen molar-refractivity contribution in [2.24, 2.45) is 11.7 Å². The highest BCUT2D eigenvalue weighted by molar-refractivity contribution is 9.10. The lowest BCUT2D eigenvalue weighted by atomic mass is 10.1. The first-order valence-electron chi connectivity index (χ1n) is 5.42. The zero-order valence-electron chi connectivity index (χ0n) is 9.32. The van der Waals surface area contributed by atoms with Crippen LogP contribution in [-0.2, 0) is 11.3 Å². The molecule has 1 aliphatic carbocycles. The number of hydrogen-bond acceptors (Lipinski definition) is 3. The van der Waals surface area contributed by atoms with Crippen molar-refractivity contribution < 1.29 is 4.79 Å². The van der Waals surface area contributed by atoms with E-state index < -0.39 is 0 Å². The number of nitrogens with one attached hydrogen (secondary N) is 1. The highest BCUT2D eigenvalue weighted by atomic mass is 79.9. The molecular formula is C11H16BrClN2OS. The first-order chi connectivity index (χ1) is 7.66. The summed E-state index contributed by atoms with van der Waals surface area (Å²) in [6.45, 7) is 0.614. The average Bonchev–Trinajstić information content (AvgIpc) is 2.84. The second-order valence-corrected chi connectivity index (χ2v) is 6.03. The Hall–Kier alpha value is -0.100. The maximum Gasteiger partial charge on any atom is 0.223 e. The van der Waals surface area contributed by atoms with Gasteiger partial charge in [0.15, 0.2) is 0 Å². The zero-order valence-corrected chi connectivity index (χ0v) is 12.5. The van der Waals surface area contributed by atoms with Gasteiger partial charge in [-0.05, 0) is 46.6 Å². The summed E-state index contributed by atoms with van der Waals surface area (Å²) in [5.41, 5.74) is 5.79. The number of carbonyl (C=O) groups excluding carboxylic acids is 1. The standard InChI is InChI=1S/C11H15BrN2OS.ClH/c12-9-3-4-16-10(9)6-14-11(15)7-1-2-8(13)5-7;/h3-4,7-8H,1-2,5-6,13H2,(H,14,15);1H. The summed E-state index contributed by atoms with van der Waals surface area (Å²) in [5, 5.41) is 4.99. The number of thiophene rings is 1. The van der Waals surface area contributed by atoms with E-state index >= 15 is 0 Å². The maximum atomic E-state index is 11.8. The normalized spacial score (nSPS) is 23.2. The second-order valence-electron chi connectivity index (χ2n) is 4.18. The summed E-state index contributed by atoms with van der Waals surface area (Å²) in [5.74, 6) is 0.266. The lowest BCUT2D eigenvalue weighted by Crippen LogP contribution is -2.29.